The first kappa shape index (κ1) is 26.7. The molecule has 2 amide bonds. The predicted octanol–water partition coefficient (Wildman–Crippen LogP) is 4.11. The van der Waals surface area contributed by atoms with Crippen molar-refractivity contribution < 1.29 is 31.5 Å². The molecule has 6 rings (SSSR count). The van der Waals surface area contributed by atoms with Crippen LogP contribution in [0.25, 0.3) is 0 Å². The molecule has 15 heteroatoms. The third-order valence-corrected chi connectivity index (χ3v) is 8.12. The number of hydrogen-bond donors (Lipinski definition) is 5. The summed E-state index contributed by atoms with van der Waals surface area (Å²) in [5.41, 5.74) is -1.38. The van der Waals surface area contributed by atoms with Gasteiger partial charge in [0.1, 0.15) is 0 Å². The number of imidazole rings is 1. The number of H-pyrrole nitrogens is 2. The van der Waals surface area contributed by atoms with Crippen molar-refractivity contribution in [3.63, 3.8) is 0 Å². The molecule has 3 fully saturated rings. The number of rotatable bonds is 7. The quantitative estimate of drug-likeness (QED) is 0.268. The predicted molar refractivity (Wildman–Crippen MR) is 132 cm³/mol. The topological polar surface area (TPSA) is 128 Å². The van der Waals surface area contributed by atoms with E-state index in [1.54, 1.807) is 0 Å². The number of benzene rings is 1. The summed E-state index contributed by atoms with van der Waals surface area (Å²) < 4.78 is 67.6. The van der Waals surface area contributed by atoms with Crippen LogP contribution < -0.4 is 16.0 Å². The maximum absolute atomic E-state index is 13.6. The van der Waals surface area contributed by atoms with Gasteiger partial charge in [0.15, 0.2) is 11.5 Å². The SMILES string of the molecule is O=C(Nc1ccc(C(=O)NC2CC3CNCC32)c(Cl)c1)c1ncc(Cc2c(C(F)(F)F)n[nH]c2[C@@H]2CC2(F)F)[nH]1. The third-order valence-electron chi connectivity index (χ3n) is 7.81. The molecule has 1 saturated heterocycles. The molecule has 3 aliphatic rings. The van der Waals surface area contributed by atoms with Gasteiger partial charge < -0.3 is 20.9 Å². The van der Waals surface area contributed by atoms with Crippen molar-refractivity contribution in [3.05, 3.63) is 63.5 Å². The fraction of sp³-hybridized carbons (Fsp3) is 0.440. The second-order valence-corrected chi connectivity index (χ2v) is 10.9. The molecule has 1 aliphatic heterocycles. The maximum Gasteiger partial charge on any atom is 0.435 e. The van der Waals surface area contributed by atoms with Crippen LogP contribution in [0.2, 0.25) is 5.02 Å². The lowest BCUT2D eigenvalue weighted by Gasteiger charge is -2.40. The van der Waals surface area contributed by atoms with E-state index >= 15 is 0 Å². The molecule has 0 bridgehead atoms. The fourth-order valence-corrected chi connectivity index (χ4v) is 5.79. The van der Waals surface area contributed by atoms with E-state index in [2.05, 4.69) is 36.1 Å². The van der Waals surface area contributed by atoms with Crippen LogP contribution in [-0.2, 0) is 12.6 Å². The largest absolute Gasteiger partial charge is 0.435 e. The minimum Gasteiger partial charge on any atom is -0.349 e. The van der Waals surface area contributed by atoms with Crippen LogP contribution in [0.4, 0.5) is 27.6 Å². The molecule has 5 N–H and O–H groups in total. The molecule has 1 aromatic carbocycles. The van der Waals surface area contributed by atoms with Gasteiger partial charge in [-0.15, -0.1) is 0 Å². The number of aromatic amines is 2. The molecule has 0 radical (unpaired) electrons. The molecular formula is C25H23ClF5N7O2. The summed E-state index contributed by atoms with van der Waals surface area (Å²) in [5, 5.41) is 14.3. The van der Waals surface area contributed by atoms with E-state index < -0.39 is 48.0 Å². The number of halogens is 6. The zero-order valence-electron chi connectivity index (χ0n) is 20.6. The van der Waals surface area contributed by atoms with Crippen LogP contribution in [0.5, 0.6) is 0 Å². The Labute approximate surface area is 228 Å². The Morgan fingerprint density at radius 2 is 1.95 bits per heavy atom. The van der Waals surface area contributed by atoms with Gasteiger partial charge in [-0.05, 0) is 43.0 Å². The molecule has 9 nitrogen and oxygen atoms in total. The van der Waals surface area contributed by atoms with Crippen molar-refractivity contribution in [3.8, 4) is 0 Å². The van der Waals surface area contributed by atoms with E-state index in [-0.39, 0.29) is 45.4 Å². The van der Waals surface area contributed by atoms with Crippen LogP contribution in [0, 0.1) is 11.8 Å². The summed E-state index contributed by atoms with van der Waals surface area (Å²) in [6.07, 6.45) is -3.81. The smallest absolute Gasteiger partial charge is 0.349 e. The summed E-state index contributed by atoms with van der Waals surface area (Å²) in [7, 11) is 0. The summed E-state index contributed by atoms with van der Waals surface area (Å²) >= 11 is 6.31. The number of carbonyl (C=O) groups is 2. The molecular weight excluding hydrogens is 561 g/mol. The standard InChI is InChI=1S/C25H23ClF5N7O2/c26-17-5-11(1-2-13(17)22(39)36-18-3-10-7-32-9-15(10)18)35-23(40)21-33-8-12(34-21)4-14-19(16-6-24(16,27)28)37-38-20(14)25(29,30)31/h1-2,5,8,10,15-16,18,32H,3-4,6-7,9H2,(H,33,34)(H,35,40)(H,36,39)(H,37,38)/t10?,15?,16-,18?/m0/s1. The molecule has 2 aromatic heterocycles. The normalized spacial score (nSPS) is 24.8. The number of nitrogens with one attached hydrogen (secondary N) is 5. The number of carbonyl (C=O) groups excluding carboxylic acids is 2. The van der Waals surface area contributed by atoms with Crippen molar-refractivity contribution in [2.24, 2.45) is 11.8 Å². The van der Waals surface area contributed by atoms with Crippen molar-refractivity contribution in [1.29, 1.82) is 0 Å². The minimum absolute atomic E-state index is 0.0854. The Bertz CT molecular complexity index is 1490. The molecule has 4 atom stereocenters. The van der Waals surface area contributed by atoms with E-state index in [1.165, 1.54) is 18.2 Å². The fourth-order valence-electron chi connectivity index (χ4n) is 5.53. The lowest BCUT2D eigenvalue weighted by atomic mass is 9.71. The number of alkyl halides is 5. The first-order valence-corrected chi connectivity index (χ1v) is 13.0. The Hall–Kier alpha value is -3.52. The third kappa shape index (κ3) is 4.94. The van der Waals surface area contributed by atoms with E-state index in [9.17, 15) is 31.5 Å². The van der Waals surface area contributed by atoms with Crippen molar-refractivity contribution in [2.45, 2.75) is 43.3 Å². The van der Waals surface area contributed by atoms with Crippen molar-refractivity contribution in [1.82, 2.24) is 30.8 Å². The number of fused-ring (bicyclic) bond motifs is 1. The molecule has 2 aliphatic carbocycles. The summed E-state index contributed by atoms with van der Waals surface area (Å²) in [6.45, 7) is 1.83. The van der Waals surface area contributed by atoms with Crippen LogP contribution in [-0.4, -0.2) is 57.0 Å². The van der Waals surface area contributed by atoms with E-state index in [0.29, 0.717) is 11.8 Å². The number of amides is 2. The van der Waals surface area contributed by atoms with E-state index in [1.807, 2.05) is 0 Å². The van der Waals surface area contributed by atoms with Gasteiger partial charge in [-0.3, -0.25) is 14.7 Å². The summed E-state index contributed by atoms with van der Waals surface area (Å²) in [6, 6.07) is 4.47. The highest BCUT2D eigenvalue weighted by Crippen LogP contribution is 2.56. The number of anilines is 1. The van der Waals surface area contributed by atoms with Gasteiger partial charge in [0, 0.05) is 54.3 Å². The lowest BCUT2D eigenvalue weighted by Crippen LogP contribution is -2.52. The average molecular weight is 584 g/mol. The van der Waals surface area contributed by atoms with Crippen molar-refractivity contribution >= 4 is 29.1 Å². The maximum atomic E-state index is 13.6. The van der Waals surface area contributed by atoms with Gasteiger partial charge in [-0.2, -0.15) is 18.3 Å². The van der Waals surface area contributed by atoms with Gasteiger partial charge in [-0.1, -0.05) is 11.6 Å². The molecule has 0 spiro atoms. The molecule has 40 heavy (non-hydrogen) atoms. The van der Waals surface area contributed by atoms with E-state index in [0.717, 1.165) is 25.7 Å². The number of hydrogen-bond acceptors (Lipinski definition) is 5. The molecule has 2 saturated carbocycles. The number of nitrogens with zero attached hydrogens (tertiary/aromatic N) is 2. The Morgan fingerprint density at radius 1 is 1.18 bits per heavy atom. The average Bonchev–Trinajstić information content (AvgIpc) is 3.31. The van der Waals surface area contributed by atoms with Crippen LogP contribution in [0.3, 0.4) is 0 Å². The van der Waals surface area contributed by atoms with Crippen LogP contribution in [0.15, 0.2) is 24.4 Å². The molecule has 212 valence electrons. The first-order chi connectivity index (χ1) is 18.9. The first-order valence-electron chi connectivity index (χ1n) is 12.6. The van der Waals surface area contributed by atoms with Gasteiger partial charge in [0.25, 0.3) is 17.7 Å². The highest BCUT2D eigenvalue weighted by Gasteiger charge is 2.60. The highest BCUT2D eigenvalue weighted by molar-refractivity contribution is 6.34. The minimum atomic E-state index is -4.86. The Kier molecular flexibility index (Phi) is 6.37. The Balaban J connectivity index is 1.12. The van der Waals surface area contributed by atoms with Gasteiger partial charge in [0.05, 0.1) is 16.5 Å². The number of aromatic nitrogens is 4. The monoisotopic (exact) mass is 583 g/mol. The second kappa shape index (κ2) is 9.54. The zero-order valence-corrected chi connectivity index (χ0v) is 21.4. The summed E-state index contributed by atoms with van der Waals surface area (Å²) in [5.74, 6) is -4.73. The van der Waals surface area contributed by atoms with Crippen LogP contribution in [0.1, 0.15) is 62.4 Å². The van der Waals surface area contributed by atoms with Crippen LogP contribution >= 0.6 is 11.6 Å². The van der Waals surface area contributed by atoms with E-state index in [4.69, 9.17) is 11.6 Å². The lowest BCUT2D eigenvalue weighted by molar-refractivity contribution is -0.141. The van der Waals surface area contributed by atoms with Crippen molar-refractivity contribution in [2.75, 3.05) is 18.4 Å². The summed E-state index contributed by atoms with van der Waals surface area (Å²) in [4.78, 5) is 32.0. The van der Waals surface area contributed by atoms with Gasteiger partial charge in [0.2, 0.25) is 0 Å². The molecule has 3 aromatic rings. The Morgan fingerprint density at radius 3 is 2.62 bits per heavy atom. The molecule has 3 heterocycles. The van der Waals surface area contributed by atoms with Gasteiger partial charge in [-0.25, -0.2) is 13.8 Å². The zero-order chi connectivity index (χ0) is 28.4. The van der Waals surface area contributed by atoms with Gasteiger partial charge >= 0.3 is 6.18 Å². The molecule has 3 unspecified atom stereocenters. The second-order valence-electron chi connectivity index (χ2n) is 10.5. The highest BCUT2D eigenvalue weighted by atomic mass is 35.5.